The maximum atomic E-state index is 0. The number of hydrogen-bond donors (Lipinski definition) is 0. The van der Waals surface area contributed by atoms with Gasteiger partial charge in [-0.3, -0.25) is 0 Å². The van der Waals surface area contributed by atoms with Crippen molar-refractivity contribution < 1.29 is 58.5 Å². The third-order valence-electron chi connectivity index (χ3n) is 0. The van der Waals surface area contributed by atoms with Crippen LogP contribution in [-0.2, 0) is 0 Å². The maximum Gasteiger partial charge on any atom is 2.00 e. The molecule has 0 aliphatic heterocycles. The van der Waals surface area contributed by atoms with Gasteiger partial charge in [0.2, 0.25) is 0 Å². The normalized spacial score (nSPS) is 0. The Labute approximate surface area is 151 Å². The van der Waals surface area contributed by atoms with Gasteiger partial charge >= 0.3 is 138 Å². The molecule has 0 aromatic heterocycles. The molecule has 0 aliphatic rings. The quantitative estimate of drug-likeness (QED) is 0.381. The SMILES string of the molecule is [Ba+2].[Ca+2].[H-].[H-].[H-].[H-].[H-].[K+].[SiH4]. The van der Waals surface area contributed by atoms with E-state index in [0.717, 1.165) is 0 Å². The second kappa shape index (κ2) is 15.6. The van der Waals surface area contributed by atoms with E-state index in [-0.39, 0.29) is 156 Å². The van der Waals surface area contributed by atoms with E-state index in [1.807, 2.05) is 0 Å². The zero-order valence-corrected chi connectivity index (χ0v) is 12.2. The van der Waals surface area contributed by atoms with Crippen LogP contribution in [0.1, 0.15) is 7.13 Å². The molecule has 0 aliphatic carbocycles. The van der Waals surface area contributed by atoms with Gasteiger partial charge in [0.15, 0.2) is 0 Å². The van der Waals surface area contributed by atoms with Crippen LogP contribution in [0.4, 0.5) is 0 Å². The van der Waals surface area contributed by atoms with Gasteiger partial charge in [-0.25, -0.2) is 0 Å². The minimum Gasteiger partial charge on any atom is -1.00 e. The van der Waals surface area contributed by atoms with Crippen molar-refractivity contribution in [3.8, 4) is 0 Å². The first kappa shape index (κ1) is 23.4. The summed E-state index contributed by atoms with van der Waals surface area (Å²) >= 11 is 0. The van der Waals surface area contributed by atoms with E-state index in [4.69, 9.17) is 0 Å². The fraction of sp³-hybridized carbons (Fsp3) is 0. The first-order valence-electron chi connectivity index (χ1n) is 0. The molecule has 0 saturated heterocycles. The minimum atomic E-state index is 0. The molecule has 0 rings (SSSR count). The van der Waals surface area contributed by atoms with Crippen molar-refractivity contribution in [2.75, 3.05) is 0 Å². The molecule has 4 heavy (non-hydrogen) atoms. The van der Waals surface area contributed by atoms with E-state index in [0.29, 0.717) is 0 Å². The molecule has 0 aromatic carbocycles. The summed E-state index contributed by atoms with van der Waals surface area (Å²) in [7, 11) is 0. The molecule has 0 unspecified atom stereocenters. The van der Waals surface area contributed by atoms with Crippen LogP contribution in [0.5, 0.6) is 0 Å². The Morgan fingerprint density at radius 1 is 1.25 bits per heavy atom. The fourth-order valence-corrected chi connectivity index (χ4v) is 0. The smallest absolute Gasteiger partial charge is 1.00 e. The van der Waals surface area contributed by atoms with E-state index in [1.54, 1.807) is 0 Å². The van der Waals surface area contributed by atoms with Crippen LogP contribution < -0.4 is 51.4 Å². The van der Waals surface area contributed by atoms with Crippen molar-refractivity contribution in [1.29, 1.82) is 0 Å². The molecular formula is H9BaCaKSi. The van der Waals surface area contributed by atoms with Crippen molar-refractivity contribution in [2.24, 2.45) is 0 Å². The van der Waals surface area contributed by atoms with Crippen molar-refractivity contribution in [3.05, 3.63) is 0 Å². The van der Waals surface area contributed by atoms with E-state index in [2.05, 4.69) is 0 Å². The molecule has 0 amide bonds. The van der Waals surface area contributed by atoms with Gasteiger partial charge in [0.25, 0.3) is 0 Å². The van der Waals surface area contributed by atoms with E-state index >= 15 is 0 Å². The monoisotopic (exact) mass is 254 g/mol. The van der Waals surface area contributed by atoms with E-state index < -0.39 is 0 Å². The second-order valence-corrected chi connectivity index (χ2v) is 0. The molecule has 0 nitrogen and oxygen atoms in total. The fourth-order valence-electron chi connectivity index (χ4n) is 0. The van der Waals surface area contributed by atoms with Gasteiger partial charge in [-0.05, 0) is 11.0 Å². The van der Waals surface area contributed by atoms with Crippen LogP contribution in [0.25, 0.3) is 0 Å². The van der Waals surface area contributed by atoms with Gasteiger partial charge in [0.1, 0.15) is 0 Å². The van der Waals surface area contributed by atoms with Crippen LogP contribution in [0.15, 0.2) is 0 Å². The maximum absolute atomic E-state index is 0. The molecule has 0 heterocycles. The Bertz CT molecular complexity index is 16.9. The summed E-state index contributed by atoms with van der Waals surface area (Å²) in [6.07, 6.45) is 0. The molecule has 0 spiro atoms. The molecule has 18 valence electrons. The van der Waals surface area contributed by atoms with Crippen LogP contribution in [0.2, 0.25) is 0 Å². The Morgan fingerprint density at radius 2 is 1.25 bits per heavy atom. The third-order valence-corrected chi connectivity index (χ3v) is 0. The molecule has 0 aromatic rings. The molecule has 0 fully saturated rings. The Kier molecular flexibility index (Phi) is 91.4. The van der Waals surface area contributed by atoms with Gasteiger partial charge in [0.05, 0.1) is 0 Å². The molecule has 0 saturated carbocycles. The van der Waals surface area contributed by atoms with Gasteiger partial charge in [0, 0.05) is 0 Å². The van der Waals surface area contributed by atoms with Crippen molar-refractivity contribution >= 4 is 97.6 Å². The number of rotatable bonds is 0. The Balaban J connectivity index is 0. The van der Waals surface area contributed by atoms with E-state index in [9.17, 15) is 0 Å². The topological polar surface area (TPSA) is 0 Å². The van der Waals surface area contributed by atoms with Crippen LogP contribution in [-0.4, -0.2) is 97.6 Å². The largest absolute Gasteiger partial charge is 2.00 e. The summed E-state index contributed by atoms with van der Waals surface area (Å²) in [5, 5.41) is 0. The van der Waals surface area contributed by atoms with Crippen LogP contribution >= 0.6 is 0 Å². The van der Waals surface area contributed by atoms with Gasteiger partial charge in [-0.15, -0.1) is 0 Å². The first-order valence-corrected chi connectivity index (χ1v) is 0. The summed E-state index contributed by atoms with van der Waals surface area (Å²) in [6, 6.07) is 0. The van der Waals surface area contributed by atoms with Gasteiger partial charge in [-0.1, -0.05) is 0 Å². The molecular weight excluding hydrogens is 245 g/mol. The summed E-state index contributed by atoms with van der Waals surface area (Å²) < 4.78 is 0. The zero-order valence-electron chi connectivity index (χ0n) is 7.41. The van der Waals surface area contributed by atoms with Crippen LogP contribution in [0.3, 0.4) is 0 Å². The standard InChI is InChI=1S/Ba.Ca.K.H4Si.5H/h;;;1H4;;;;;/q2*+2;+1;;5*-1. The van der Waals surface area contributed by atoms with Crippen molar-refractivity contribution in [2.45, 2.75) is 0 Å². The molecule has 0 atom stereocenters. The summed E-state index contributed by atoms with van der Waals surface area (Å²) in [6.45, 7) is 0. The third kappa shape index (κ3) is 9.84. The average Bonchev–Trinajstić information content (AvgIpc) is 0. The first-order chi connectivity index (χ1) is 0. The van der Waals surface area contributed by atoms with Gasteiger partial charge < -0.3 is 7.13 Å². The zero-order chi connectivity index (χ0) is 0. The second-order valence-electron chi connectivity index (χ2n) is 0. The molecule has 0 N–H and O–H groups in total. The molecule has 4 heteroatoms. The average molecular weight is 254 g/mol. The summed E-state index contributed by atoms with van der Waals surface area (Å²) in [5.41, 5.74) is 0. The summed E-state index contributed by atoms with van der Waals surface area (Å²) in [5.74, 6) is 0. The Hall–Kier alpha value is 4.68. The summed E-state index contributed by atoms with van der Waals surface area (Å²) in [4.78, 5) is 0. The minimum absolute atomic E-state index is 0. The molecule has 0 bridgehead atoms. The molecule has 0 radical (unpaired) electrons. The van der Waals surface area contributed by atoms with E-state index in [1.165, 1.54) is 0 Å². The van der Waals surface area contributed by atoms with Gasteiger partial charge in [-0.2, -0.15) is 0 Å². The van der Waals surface area contributed by atoms with Crippen LogP contribution in [0, 0.1) is 0 Å². The Morgan fingerprint density at radius 3 is 1.25 bits per heavy atom. The predicted octanol–water partition coefficient (Wildman–Crippen LogP) is -4.65. The van der Waals surface area contributed by atoms with Crippen molar-refractivity contribution in [3.63, 3.8) is 0 Å². The van der Waals surface area contributed by atoms with Crippen molar-refractivity contribution in [1.82, 2.24) is 0 Å². The predicted molar refractivity (Wildman–Crippen MR) is 28.4 cm³/mol. The number of hydrogen-bond acceptors (Lipinski definition) is 0.